The molecule has 1 aliphatic carbocycles. The van der Waals surface area contributed by atoms with Crippen LogP contribution >= 0.6 is 0 Å². The lowest BCUT2D eigenvalue weighted by atomic mass is 9.91. The Morgan fingerprint density at radius 2 is 2.11 bits per heavy atom. The number of nitrogens with zero attached hydrogens (tertiary/aromatic N) is 1. The third-order valence-corrected chi connectivity index (χ3v) is 3.99. The van der Waals surface area contributed by atoms with Crippen molar-refractivity contribution in [1.29, 1.82) is 0 Å². The smallest absolute Gasteiger partial charge is 0.125 e. The van der Waals surface area contributed by atoms with E-state index in [9.17, 15) is 5.11 Å². The van der Waals surface area contributed by atoms with Crippen molar-refractivity contribution in [2.75, 3.05) is 19.9 Å². The largest absolute Gasteiger partial charge is 0.496 e. The summed E-state index contributed by atoms with van der Waals surface area (Å²) in [6, 6.07) is 5.99. The maximum atomic E-state index is 10.1. The van der Waals surface area contributed by atoms with Crippen molar-refractivity contribution in [3.8, 4) is 5.75 Å². The molecule has 0 bridgehead atoms. The molecule has 2 atom stereocenters. The number of rotatable bonds is 4. The van der Waals surface area contributed by atoms with E-state index in [2.05, 4.69) is 11.9 Å². The van der Waals surface area contributed by atoms with Crippen LogP contribution in [0.15, 0.2) is 18.2 Å². The van der Waals surface area contributed by atoms with Gasteiger partial charge in [-0.15, -0.1) is 0 Å². The van der Waals surface area contributed by atoms with Gasteiger partial charge in [-0.3, -0.25) is 4.90 Å². The fraction of sp³-hybridized carbons (Fsp3) is 0.600. The van der Waals surface area contributed by atoms with E-state index in [0.29, 0.717) is 5.69 Å². The Morgan fingerprint density at radius 3 is 2.79 bits per heavy atom. The standard InChI is InChI=1S/C15H24N2O2/c1-17(13-5-3-4-6-14(13)18)10-11-7-8-12(16)9-15(11)19-2/h7-9,13-14,18H,3-6,10,16H2,1-2H3. The van der Waals surface area contributed by atoms with Gasteiger partial charge in [0.05, 0.1) is 13.2 Å². The maximum Gasteiger partial charge on any atom is 0.125 e. The molecule has 19 heavy (non-hydrogen) atoms. The summed E-state index contributed by atoms with van der Waals surface area (Å²) >= 11 is 0. The minimum Gasteiger partial charge on any atom is -0.496 e. The molecule has 1 aromatic carbocycles. The highest BCUT2D eigenvalue weighted by atomic mass is 16.5. The zero-order valence-corrected chi connectivity index (χ0v) is 11.8. The van der Waals surface area contributed by atoms with Gasteiger partial charge >= 0.3 is 0 Å². The number of aliphatic hydroxyl groups excluding tert-OH is 1. The van der Waals surface area contributed by atoms with Gasteiger partial charge in [0.1, 0.15) is 5.75 Å². The molecule has 0 spiro atoms. The third kappa shape index (κ3) is 3.39. The maximum absolute atomic E-state index is 10.1. The van der Waals surface area contributed by atoms with Crippen LogP contribution in [0.1, 0.15) is 31.2 Å². The molecule has 1 aromatic rings. The summed E-state index contributed by atoms with van der Waals surface area (Å²) in [5.41, 5.74) is 7.58. The number of hydrogen-bond acceptors (Lipinski definition) is 4. The van der Waals surface area contributed by atoms with E-state index in [1.165, 1.54) is 6.42 Å². The Balaban J connectivity index is 2.07. The summed E-state index contributed by atoms with van der Waals surface area (Å²) in [4.78, 5) is 2.22. The minimum atomic E-state index is -0.210. The minimum absolute atomic E-state index is 0.210. The molecule has 1 fully saturated rings. The van der Waals surface area contributed by atoms with Gasteiger partial charge in [0.25, 0.3) is 0 Å². The average Bonchev–Trinajstić information content (AvgIpc) is 2.41. The van der Waals surface area contributed by atoms with Crippen molar-refractivity contribution in [3.63, 3.8) is 0 Å². The number of hydrogen-bond donors (Lipinski definition) is 2. The van der Waals surface area contributed by atoms with Gasteiger partial charge in [-0.25, -0.2) is 0 Å². The van der Waals surface area contributed by atoms with Gasteiger partial charge in [0, 0.05) is 29.9 Å². The number of ether oxygens (including phenoxy) is 1. The molecule has 4 nitrogen and oxygen atoms in total. The van der Waals surface area contributed by atoms with Crippen LogP contribution in [0, 0.1) is 0 Å². The van der Waals surface area contributed by atoms with Gasteiger partial charge < -0.3 is 15.6 Å². The molecule has 0 amide bonds. The summed E-state index contributed by atoms with van der Waals surface area (Å²) in [6.07, 6.45) is 4.10. The van der Waals surface area contributed by atoms with Gasteiger partial charge in [0.15, 0.2) is 0 Å². The molecule has 106 valence electrons. The first-order valence-corrected chi connectivity index (χ1v) is 6.92. The summed E-state index contributed by atoms with van der Waals surface area (Å²) in [6.45, 7) is 0.769. The monoisotopic (exact) mass is 264 g/mol. The van der Waals surface area contributed by atoms with Crippen molar-refractivity contribution in [3.05, 3.63) is 23.8 Å². The highest BCUT2D eigenvalue weighted by Crippen LogP contribution is 2.27. The quantitative estimate of drug-likeness (QED) is 0.817. The Bertz CT molecular complexity index is 423. The summed E-state index contributed by atoms with van der Waals surface area (Å²) in [5, 5.41) is 10.1. The zero-order valence-electron chi connectivity index (χ0n) is 11.8. The molecule has 1 aliphatic rings. The fourth-order valence-electron chi connectivity index (χ4n) is 2.88. The van der Waals surface area contributed by atoms with E-state index in [4.69, 9.17) is 10.5 Å². The zero-order chi connectivity index (χ0) is 13.8. The van der Waals surface area contributed by atoms with Crippen LogP contribution in [0.2, 0.25) is 0 Å². The van der Waals surface area contributed by atoms with Crippen molar-refractivity contribution < 1.29 is 9.84 Å². The van der Waals surface area contributed by atoms with Crippen molar-refractivity contribution in [2.45, 2.75) is 44.4 Å². The van der Waals surface area contributed by atoms with Crippen LogP contribution in [0.5, 0.6) is 5.75 Å². The highest BCUT2D eigenvalue weighted by molar-refractivity contribution is 5.48. The molecule has 0 heterocycles. The third-order valence-electron chi connectivity index (χ3n) is 3.99. The van der Waals surface area contributed by atoms with Crippen molar-refractivity contribution in [2.24, 2.45) is 0 Å². The Hall–Kier alpha value is -1.26. The SMILES string of the molecule is COc1cc(N)ccc1CN(C)C1CCCCC1O. The number of aliphatic hydroxyl groups is 1. The first kappa shape index (κ1) is 14.2. The van der Waals surface area contributed by atoms with E-state index in [0.717, 1.165) is 37.1 Å². The van der Waals surface area contributed by atoms with E-state index in [1.54, 1.807) is 7.11 Å². The first-order valence-electron chi connectivity index (χ1n) is 6.92. The molecule has 0 radical (unpaired) electrons. The fourth-order valence-corrected chi connectivity index (χ4v) is 2.88. The second kappa shape index (κ2) is 6.26. The van der Waals surface area contributed by atoms with Gasteiger partial charge in [-0.05, 0) is 26.0 Å². The molecular formula is C15H24N2O2. The molecule has 2 rings (SSSR count). The van der Waals surface area contributed by atoms with Gasteiger partial charge in [-0.1, -0.05) is 18.9 Å². The van der Waals surface area contributed by atoms with Crippen LogP contribution in [-0.4, -0.2) is 36.3 Å². The number of nitrogens with two attached hydrogens (primary N) is 1. The lowest BCUT2D eigenvalue weighted by Gasteiger charge is -2.35. The van der Waals surface area contributed by atoms with Crippen molar-refractivity contribution >= 4 is 5.69 Å². The first-order chi connectivity index (χ1) is 9.11. The topological polar surface area (TPSA) is 58.7 Å². The number of likely N-dealkylation sites (N-methyl/N-ethyl adjacent to an activating group) is 1. The predicted octanol–water partition coefficient (Wildman–Crippen LogP) is 2.01. The molecule has 2 unspecified atom stereocenters. The molecule has 0 aromatic heterocycles. The van der Waals surface area contributed by atoms with Gasteiger partial charge in [-0.2, -0.15) is 0 Å². The Kier molecular flexibility index (Phi) is 4.66. The summed E-state index contributed by atoms with van der Waals surface area (Å²) in [5.74, 6) is 0.817. The molecule has 0 saturated heterocycles. The van der Waals surface area contributed by atoms with Gasteiger partial charge in [0.2, 0.25) is 0 Å². The van der Waals surface area contributed by atoms with Crippen molar-refractivity contribution in [1.82, 2.24) is 4.90 Å². The number of benzene rings is 1. The number of anilines is 1. The Labute approximate surface area is 115 Å². The predicted molar refractivity (Wildman–Crippen MR) is 77.1 cm³/mol. The second-order valence-electron chi connectivity index (χ2n) is 5.41. The second-order valence-corrected chi connectivity index (χ2v) is 5.41. The molecule has 4 heteroatoms. The number of methoxy groups -OCH3 is 1. The van der Waals surface area contributed by atoms with E-state index in [-0.39, 0.29) is 12.1 Å². The van der Waals surface area contributed by atoms with Crippen LogP contribution in [0.25, 0.3) is 0 Å². The van der Waals surface area contributed by atoms with E-state index >= 15 is 0 Å². The Morgan fingerprint density at radius 1 is 1.37 bits per heavy atom. The highest BCUT2D eigenvalue weighted by Gasteiger charge is 2.26. The normalized spacial score (nSPS) is 23.6. The molecule has 1 saturated carbocycles. The molecule has 3 N–H and O–H groups in total. The van der Waals surface area contributed by atoms with Crippen LogP contribution in [-0.2, 0) is 6.54 Å². The summed E-state index contributed by atoms with van der Waals surface area (Å²) < 4.78 is 5.37. The molecular weight excluding hydrogens is 240 g/mol. The van der Waals surface area contributed by atoms with Crippen LogP contribution < -0.4 is 10.5 Å². The van der Waals surface area contributed by atoms with Crippen LogP contribution in [0.3, 0.4) is 0 Å². The summed E-state index contributed by atoms with van der Waals surface area (Å²) in [7, 11) is 3.72. The lowest BCUT2D eigenvalue weighted by Crippen LogP contribution is -2.42. The van der Waals surface area contributed by atoms with E-state index in [1.807, 2.05) is 18.2 Å². The van der Waals surface area contributed by atoms with E-state index < -0.39 is 0 Å². The average molecular weight is 264 g/mol. The lowest BCUT2D eigenvalue weighted by molar-refractivity contribution is 0.0285. The van der Waals surface area contributed by atoms with Crippen LogP contribution in [0.4, 0.5) is 5.69 Å². The number of nitrogen functional groups attached to an aromatic ring is 1. The molecule has 0 aliphatic heterocycles.